The third-order valence-corrected chi connectivity index (χ3v) is 4.72. The maximum atomic E-state index is 13.3. The minimum atomic E-state index is -1.31. The van der Waals surface area contributed by atoms with Crippen molar-refractivity contribution in [3.8, 4) is 0 Å². The van der Waals surface area contributed by atoms with Gasteiger partial charge in [0, 0.05) is 6.42 Å². The van der Waals surface area contributed by atoms with Gasteiger partial charge >= 0.3 is 5.97 Å². The molecule has 0 aliphatic rings. The van der Waals surface area contributed by atoms with Crippen LogP contribution in [0, 0.1) is 17.3 Å². The minimum Gasteiger partial charge on any atom is -0.465 e. The van der Waals surface area contributed by atoms with E-state index in [-0.39, 0.29) is 24.2 Å². The highest BCUT2D eigenvalue weighted by Gasteiger charge is 2.53. The topological polar surface area (TPSA) is 63.2 Å². The van der Waals surface area contributed by atoms with Crippen molar-refractivity contribution in [1.82, 2.24) is 0 Å². The second-order valence-electron chi connectivity index (χ2n) is 10.7. The summed E-state index contributed by atoms with van der Waals surface area (Å²) in [5.74, 6) is -1.56. The fourth-order valence-electron chi connectivity index (χ4n) is 3.09. The van der Waals surface area contributed by atoms with Crippen LogP contribution in [0.1, 0.15) is 102 Å². The van der Waals surface area contributed by atoms with Crippen LogP contribution < -0.4 is 0 Å². The summed E-state index contributed by atoms with van der Waals surface area (Å²) < 4.78 is 5.68. The van der Waals surface area contributed by atoms with Crippen molar-refractivity contribution < 1.29 is 29.1 Å². The predicted octanol–water partition coefficient (Wildman–Crippen LogP) is 6.23. The third kappa shape index (κ3) is 9.77. The normalized spacial score (nSPS) is 14.0. The molecule has 0 rings (SSSR count). The number of hydrogen-bond donors (Lipinski definition) is 0. The molecule has 0 aromatic heterocycles. The van der Waals surface area contributed by atoms with Crippen LogP contribution in [-0.2, 0) is 29.1 Å². The van der Waals surface area contributed by atoms with Gasteiger partial charge in [0.2, 0.25) is 5.79 Å². The van der Waals surface area contributed by atoms with Gasteiger partial charge in [-0.05, 0) is 66.7 Å². The molecule has 6 heteroatoms. The number of carbonyl (C=O) groups excluding carboxylic acids is 1. The molecule has 0 saturated carbocycles. The first kappa shape index (κ1) is 28.3. The quantitative estimate of drug-likeness (QED) is 0.123. The Morgan fingerprint density at radius 3 is 1.48 bits per heavy atom. The number of carbonyl (C=O) groups is 1. The maximum Gasteiger partial charge on any atom is 0.312 e. The van der Waals surface area contributed by atoms with Crippen molar-refractivity contribution in [2.24, 2.45) is 17.3 Å². The van der Waals surface area contributed by atoms with Gasteiger partial charge in [-0.15, -0.1) is 0 Å². The molecule has 0 aliphatic carbocycles. The Labute approximate surface area is 178 Å². The van der Waals surface area contributed by atoms with E-state index in [1.165, 1.54) is 0 Å². The monoisotopic (exact) mass is 418 g/mol. The first-order chi connectivity index (χ1) is 13.0. The van der Waals surface area contributed by atoms with Gasteiger partial charge in [0.15, 0.2) is 0 Å². The fraction of sp³-hybridized carbons (Fsp3) is 0.957. The molecule has 0 aromatic carbocycles. The highest BCUT2D eigenvalue weighted by Crippen LogP contribution is 2.46. The first-order valence-corrected chi connectivity index (χ1v) is 10.9. The molecule has 0 unspecified atom stereocenters. The summed E-state index contributed by atoms with van der Waals surface area (Å²) in [4.78, 5) is 36.0. The molecule has 0 spiro atoms. The van der Waals surface area contributed by atoms with Crippen LogP contribution in [0.25, 0.3) is 0 Å². The average Bonchev–Trinajstić information content (AvgIpc) is 2.54. The highest BCUT2D eigenvalue weighted by molar-refractivity contribution is 5.77. The molecule has 0 atom stereocenters. The molecule has 0 N–H and O–H groups in total. The van der Waals surface area contributed by atoms with Crippen LogP contribution in [0.3, 0.4) is 0 Å². The van der Waals surface area contributed by atoms with E-state index in [1.54, 1.807) is 6.92 Å². The number of esters is 1. The predicted molar refractivity (Wildman–Crippen MR) is 115 cm³/mol. The summed E-state index contributed by atoms with van der Waals surface area (Å²) in [6, 6.07) is 0. The molecule has 6 nitrogen and oxygen atoms in total. The summed E-state index contributed by atoms with van der Waals surface area (Å²) in [6.45, 7) is 23.6. The molecule has 0 bridgehead atoms. The Kier molecular flexibility index (Phi) is 10.8. The van der Waals surface area contributed by atoms with Gasteiger partial charge in [0.05, 0.1) is 23.2 Å². The van der Waals surface area contributed by atoms with Crippen LogP contribution >= 0.6 is 0 Å². The van der Waals surface area contributed by atoms with Gasteiger partial charge in [-0.3, -0.25) is 4.79 Å². The minimum absolute atomic E-state index is 0.00701. The SMILES string of the molecule is CCCCOC(=O)C(CC(C)(OOC(C)(C)C)OOC(C)(C)C)(C(C)C)C(C)C. The zero-order valence-electron chi connectivity index (χ0n) is 20.9. The summed E-state index contributed by atoms with van der Waals surface area (Å²) in [5, 5.41) is 0. The zero-order valence-corrected chi connectivity index (χ0v) is 20.9. The summed E-state index contributed by atoms with van der Waals surface area (Å²) >= 11 is 0. The lowest BCUT2D eigenvalue weighted by atomic mass is 9.65. The van der Waals surface area contributed by atoms with E-state index in [2.05, 4.69) is 6.92 Å². The second-order valence-corrected chi connectivity index (χ2v) is 10.7. The number of rotatable bonds is 12. The molecule has 0 saturated heterocycles. The molecule has 0 radical (unpaired) electrons. The molecule has 0 aromatic rings. The van der Waals surface area contributed by atoms with Gasteiger partial charge in [-0.25, -0.2) is 9.78 Å². The van der Waals surface area contributed by atoms with Crippen molar-refractivity contribution in [2.45, 2.75) is 119 Å². The van der Waals surface area contributed by atoms with Crippen LogP contribution in [-0.4, -0.2) is 29.6 Å². The van der Waals surface area contributed by atoms with Gasteiger partial charge < -0.3 is 4.74 Å². The maximum absolute atomic E-state index is 13.3. The van der Waals surface area contributed by atoms with E-state index in [9.17, 15) is 4.79 Å². The lowest BCUT2D eigenvalue weighted by Gasteiger charge is -2.44. The van der Waals surface area contributed by atoms with Crippen molar-refractivity contribution in [2.75, 3.05) is 6.61 Å². The van der Waals surface area contributed by atoms with E-state index in [4.69, 9.17) is 24.3 Å². The standard InChI is InChI=1S/C23H46O6/c1-13-14-15-25-19(24)23(17(2)3,18(4)5)16-22(12,28-26-20(6,7)8)29-27-21(9,10)11/h17-18H,13-16H2,1-12H3. The van der Waals surface area contributed by atoms with E-state index in [0.29, 0.717) is 6.61 Å². The fourth-order valence-corrected chi connectivity index (χ4v) is 3.09. The summed E-state index contributed by atoms with van der Waals surface area (Å²) in [6.07, 6.45) is 2.03. The van der Waals surface area contributed by atoms with Gasteiger partial charge in [-0.2, -0.15) is 9.78 Å². The van der Waals surface area contributed by atoms with Gasteiger partial charge in [0.25, 0.3) is 0 Å². The van der Waals surface area contributed by atoms with Crippen LogP contribution in [0.15, 0.2) is 0 Å². The average molecular weight is 419 g/mol. The first-order valence-electron chi connectivity index (χ1n) is 10.9. The van der Waals surface area contributed by atoms with Gasteiger partial charge in [0.1, 0.15) is 0 Å². The molecule has 174 valence electrons. The van der Waals surface area contributed by atoms with Crippen LogP contribution in [0.2, 0.25) is 0 Å². The number of hydrogen-bond acceptors (Lipinski definition) is 6. The molecule has 0 aliphatic heterocycles. The summed E-state index contributed by atoms with van der Waals surface area (Å²) in [7, 11) is 0. The second kappa shape index (κ2) is 11.1. The zero-order chi connectivity index (χ0) is 23.1. The largest absolute Gasteiger partial charge is 0.465 e. The molecule has 0 fully saturated rings. The molecular weight excluding hydrogens is 372 g/mol. The molecule has 0 amide bonds. The lowest BCUT2D eigenvalue weighted by Crippen LogP contribution is -2.51. The summed E-state index contributed by atoms with van der Waals surface area (Å²) in [5.41, 5.74) is -1.93. The van der Waals surface area contributed by atoms with E-state index < -0.39 is 22.4 Å². The third-order valence-electron chi connectivity index (χ3n) is 4.72. The Morgan fingerprint density at radius 1 is 0.759 bits per heavy atom. The van der Waals surface area contributed by atoms with E-state index >= 15 is 0 Å². The van der Waals surface area contributed by atoms with Crippen molar-refractivity contribution in [3.05, 3.63) is 0 Å². The van der Waals surface area contributed by atoms with Crippen molar-refractivity contribution >= 4 is 5.97 Å². The lowest BCUT2D eigenvalue weighted by molar-refractivity contribution is -0.541. The van der Waals surface area contributed by atoms with E-state index in [1.807, 2.05) is 69.2 Å². The van der Waals surface area contributed by atoms with Crippen molar-refractivity contribution in [3.63, 3.8) is 0 Å². The highest BCUT2D eigenvalue weighted by atomic mass is 17.3. The van der Waals surface area contributed by atoms with E-state index in [0.717, 1.165) is 12.8 Å². The van der Waals surface area contributed by atoms with Crippen molar-refractivity contribution in [1.29, 1.82) is 0 Å². The number of unbranched alkanes of at least 4 members (excludes halogenated alkanes) is 1. The molecular formula is C23H46O6. The number of ether oxygens (including phenoxy) is 1. The Hall–Kier alpha value is -0.690. The Morgan fingerprint density at radius 2 is 1.17 bits per heavy atom. The van der Waals surface area contributed by atoms with Crippen LogP contribution in [0.5, 0.6) is 0 Å². The molecule has 0 heterocycles. The molecule has 29 heavy (non-hydrogen) atoms. The Bertz CT molecular complexity index is 459. The van der Waals surface area contributed by atoms with Crippen LogP contribution in [0.4, 0.5) is 0 Å². The smallest absolute Gasteiger partial charge is 0.312 e. The Balaban J connectivity index is 5.90. The van der Waals surface area contributed by atoms with Gasteiger partial charge in [-0.1, -0.05) is 41.0 Å².